The average Bonchev–Trinajstić information content (AvgIpc) is 3.05. The molecule has 1 aliphatic rings. The van der Waals surface area contributed by atoms with E-state index >= 15 is 0 Å². The Kier molecular flexibility index (Phi) is 3.67. The molecule has 0 spiro atoms. The number of rotatable bonds is 3. The van der Waals surface area contributed by atoms with E-state index in [0.717, 1.165) is 46.6 Å². The van der Waals surface area contributed by atoms with Crippen molar-refractivity contribution in [3.63, 3.8) is 0 Å². The monoisotopic (exact) mass is 289 g/mol. The van der Waals surface area contributed by atoms with Gasteiger partial charge in [0.2, 0.25) is 5.95 Å². The number of nitrogens with zero attached hydrogens (tertiary/aromatic N) is 4. The molecule has 1 unspecified atom stereocenters. The highest BCUT2D eigenvalue weighted by Gasteiger charge is 2.25. The third-order valence-electron chi connectivity index (χ3n) is 3.69. The van der Waals surface area contributed by atoms with E-state index in [-0.39, 0.29) is 0 Å². The highest BCUT2D eigenvalue weighted by atomic mass is 32.1. The first-order chi connectivity index (χ1) is 9.69. The summed E-state index contributed by atoms with van der Waals surface area (Å²) in [7, 11) is 0. The first-order valence-corrected chi connectivity index (χ1v) is 7.75. The van der Waals surface area contributed by atoms with Crippen molar-refractivity contribution in [3.05, 3.63) is 23.0 Å². The smallest absolute Gasteiger partial charge is 0.226 e. The fourth-order valence-corrected chi connectivity index (χ4v) is 3.62. The predicted octanol–water partition coefficient (Wildman–Crippen LogP) is 2.14. The third-order valence-corrected chi connectivity index (χ3v) is 4.78. The van der Waals surface area contributed by atoms with Gasteiger partial charge in [0.1, 0.15) is 0 Å². The molecule has 2 aromatic heterocycles. The van der Waals surface area contributed by atoms with Crippen molar-refractivity contribution in [2.75, 3.05) is 18.0 Å². The van der Waals surface area contributed by atoms with Crippen LogP contribution in [-0.2, 0) is 0 Å². The molecular weight excluding hydrogens is 270 g/mol. The second-order valence-corrected chi connectivity index (χ2v) is 6.32. The Morgan fingerprint density at radius 1 is 1.40 bits per heavy atom. The van der Waals surface area contributed by atoms with Gasteiger partial charge in [-0.1, -0.05) is 0 Å². The molecule has 0 aromatic carbocycles. The second-order valence-electron chi connectivity index (χ2n) is 5.11. The quantitative estimate of drug-likeness (QED) is 0.937. The van der Waals surface area contributed by atoms with Gasteiger partial charge in [0.15, 0.2) is 0 Å². The first-order valence-electron chi connectivity index (χ1n) is 6.93. The molecule has 1 saturated heterocycles. The topological polar surface area (TPSA) is 67.9 Å². The van der Waals surface area contributed by atoms with Crippen molar-refractivity contribution in [2.45, 2.75) is 32.7 Å². The maximum atomic E-state index is 5.83. The van der Waals surface area contributed by atoms with Gasteiger partial charge in [-0.3, -0.25) is 0 Å². The maximum Gasteiger partial charge on any atom is 0.226 e. The maximum absolute atomic E-state index is 5.83. The summed E-state index contributed by atoms with van der Waals surface area (Å²) in [5.41, 5.74) is 7.83. The molecule has 5 nitrogen and oxygen atoms in total. The van der Waals surface area contributed by atoms with Gasteiger partial charge < -0.3 is 10.6 Å². The Hall–Kier alpha value is -1.53. The Balaban J connectivity index is 1.95. The molecule has 6 heteroatoms. The normalized spacial score (nSPS) is 18.8. The van der Waals surface area contributed by atoms with E-state index < -0.39 is 0 Å². The molecule has 0 aliphatic carbocycles. The average molecular weight is 289 g/mol. The number of hydrogen-bond donors (Lipinski definition) is 1. The second kappa shape index (κ2) is 5.46. The molecule has 2 aromatic rings. The SMILES string of the molecule is Cc1nc(C)c(-c2ccnc(N3CCCC3CN)n2)s1. The van der Waals surface area contributed by atoms with Crippen LogP contribution in [0.15, 0.2) is 12.3 Å². The molecule has 0 amide bonds. The van der Waals surface area contributed by atoms with Gasteiger partial charge in [-0.2, -0.15) is 0 Å². The van der Waals surface area contributed by atoms with E-state index in [9.17, 15) is 0 Å². The number of thiazole rings is 1. The van der Waals surface area contributed by atoms with Gasteiger partial charge in [-0.05, 0) is 32.8 Å². The van der Waals surface area contributed by atoms with Crippen LogP contribution in [0.5, 0.6) is 0 Å². The van der Waals surface area contributed by atoms with E-state index in [2.05, 4.69) is 14.9 Å². The lowest BCUT2D eigenvalue weighted by atomic mass is 10.2. The molecule has 1 aliphatic heterocycles. The van der Waals surface area contributed by atoms with E-state index in [1.54, 1.807) is 11.3 Å². The Morgan fingerprint density at radius 2 is 2.25 bits per heavy atom. The summed E-state index contributed by atoms with van der Waals surface area (Å²) in [4.78, 5) is 17.0. The minimum atomic E-state index is 0.370. The molecule has 0 saturated carbocycles. The summed E-state index contributed by atoms with van der Waals surface area (Å²) in [6, 6.07) is 2.33. The number of hydrogen-bond acceptors (Lipinski definition) is 6. The molecule has 0 radical (unpaired) electrons. The van der Waals surface area contributed by atoms with E-state index in [1.807, 2.05) is 26.1 Å². The lowest BCUT2D eigenvalue weighted by Gasteiger charge is -2.23. The van der Waals surface area contributed by atoms with Gasteiger partial charge in [0.25, 0.3) is 0 Å². The number of aromatic nitrogens is 3. The van der Waals surface area contributed by atoms with Crippen molar-refractivity contribution in [2.24, 2.45) is 5.73 Å². The van der Waals surface area contributed by atoms with Crippen LogP contribution in [0.25, 0.3) is 10.6 Å². The molecule has 1 fully saturated rings. The highest BCUT2D eigenvalue weighted by molar-refractivity contribution is 7.15. The molecule has 2 N–H and O–H groups in total. The van der Waals surface area contributed by atoms with Crippen molar-refractivity contribution in [1.82, 2.24) is 15.0 Å². The molecule has 3 heterocycles. The number of nitrogens with two attached hydrogens (primary N) is 1. The summed E-state index contributed by atoms with van der Waals surface area (Å²) in [6.45, 7) is 5.70. The van der Waals surface area contributed by atoms with Crippen LogP contribution >= 0.6 is 11.3 Å². The van der Waals surface area contributed by atoms with Crippen molar-refractivity contribution < 1.29 is 0 Å². The van der Waals surface area contributed by atoms with E-state index in [0.29, 0.717) is 12.6 Å². The Morgan fingerprint density at radius 3 is 2.95 bits per heavy atom. The van der Waals surface area contributed by atoms with Gasteiger partial charge in [-0.25, -0.2) is 15.0 Å². The molecule has 1 atom stereocenters. The summed E-state index contributed by atoms with van der Waals surface area (Å²) >= 11 is 1.68. The van der Waals surface area contributed by atoms with Crippen LogP contribution in [0.4, 0.5) is 5.95 Å². The van der Waals surface area contributed by atoms with Gasteiger partial charge in [0.05, 0.1) is 21.3 Å². The van der Waals surface area contributed by atoms with Crippen LogP contribution in [0.1, 0.15) is 23.5 Å². The van der Waals surface area contributed by atoms with Gasteiger partial charge in [-0.15, -0.1) is 11.3 Å². The minimum Gasteiger partial charge on any atom is -0.337 e. The van der Waals surface area contributed by atoms with Crippen molar-refractivity contribution >= 4 is 17.3 Å². The predicted molar refractivity (Wildman–Crippen MR) is 82.0 cm³/mol. The lowest BCUT2D eigenvalue weighted by Crippen LogP contribution is -2.36. The van der Waals surface area contributed by atoms with Crippen molar-refractivity contribution in [1.29, 1.82) is 0 Å². The highest BCUT2D eigenvalue weighted by Crippen LogP contribution is 2.30. The van der Waals surface area contributed by atoms with Crippen LogP contribution < -0.4 is 10.6 Å². The zero-order valence-corrected chi connectivity index (χ0v) is 12.7. The molecule has 0 bridgehead atoms. The zero-order chi connectivity index (χ0) is 14.1. The third kappa shape index (κ3) is 2.41. The van der Waals surface area contributed by atoms with E-state index in [1.165, 1.54) is 0 Å². The van der Waals surface area contributed by atoms with E-state index in [4.69, 9.17) is 10.7 Å². The summed E-state index contributed by atoms with van der Waals surface area (Å²) < 4.78 is 0. The van der Waals surface area contributed by atoms with Crippen LogP contribution in [0.3, 0.4) is 0 Å². The van der Waals surface area contributed by atoms with Crippen LogP contribution in [-0.4, -0.2) is 34.1 Å². The fraction of sp³-hybridized carbons (Fsp3) is 0.500. The van der Waals surface area contributed by atoms with Crippen LogP contribution in [0.2, 0.25) is 0 Å². The first kappa shape index (κ1) is 13.5. The van der Waals surface area contributed by atoms with Gasteiger partial charge in [0, 0.05) is 25.3 Å². The number of anilines is 1. The van der Waals surface area contributed by atoms with Crippen LogP contribution in [0, 0.1) is 13.8 Å². The largest absolute Gasteiger partial charge is 0.337 e. The minimum absolute atomic E-state index is 0.370. The Labute approximate surface area is 122 Å². The van der Waals surface area contributed by atoms with Gasteiger partial charge >= 0.3 is 0 Å². The zero-order valence-electron chi connectivity index (χ0n) is 11.8. The summed E-state index contributed by atoms with van der Waals surface area (Å²) in [5.74, 6) is 0.793. The van der Waals surface area contributed by atoms with Crippen molar-refractivity contribution in [3.8, 4) is 10.6 Å². The Bertz CT molecular complexity index is 609. The molecular formula is C14H19N5S. The summed E-state index contributed by atoms with van der Waals surface area (Å²) in [5, 5.41) is 1.07. The molecule has 106 valence electrons. The lowest BCUT2D eigenvalue weighted by molar-refractivity contribution is 0.664. The molecule has 20 heavy (non-hydrogen) atoms. The number of aryl methyl sites for hydroxylation is 2. The fourth-order valence-electron chi connectivity index (χ4n) is 2.73. The molecule has 3 rings (SSSR count). The summed E-state index contributed by atoms with van der Waals surface area (Å²) in [6.07, 6.45) is 4.12. The standard InChI is InChI=1S/C14H19N5S/c1-9-13(20-10(2)17-9)12-5-6-16-14(18-12)19-7-3-4-11(19)8-15/h5-6,11H,3-4,7-8,15H2,1-2H3.